The summed E-state index contributed by atoms with van der Waals surface area (Å²) >= 11 is 0. The lowest BCUT2D eigenvalue weighted by Crippen LogP contribution is -2.26. The first kappa shape index (κ1) is 18.2. The van der Waals surface area contributed by atoms with Gasteiger partial charge in [0.05, 0.1) is 24.8 Å². The lowest BCUT2D eigenvalue weighted by molar-refractivity contribution is -0.137. The van der Waals surface area contributed by atoms with E-state index in [0.29, 0.717) is 12.2 Å². The van der Waals surface area contributed by atoms with Crippen molar-refractivity contribution >= 4 is 23.5 Å². The van der Waals surface area contributed by atoms with Crippen LogP contribution in [0.15, 0.2) is 18.5 Å². The molecule has 0 bridgehead atoms. The Hall–Kier alpha value is -3.17. The SMILES string of the molecule is CCn1ncc(NC(=O)c2ccn(CCC(=O)O)n2)c1C(=O)N(C)C. The second-order valence-electron chi connectivity index (χ2n) is 5.48. The normalized spacial score (nSPS) is 10.5. The highest BCUT2D eigenvalue weighted by molar-refractivity contribution is 6.07. The molecule has 2 N–H and O–H groups in total. The van der Waals surface area contributed by atoms with Gasteiger partial charge in [-0.1, -0.05) is 0 Å². The van der Waals surface area contributed by atoms with E-state index in [1.54, 1.807) is 14.1 Å². The Morgan fingerprint density at radius 1 is 1.32 bits per heavy atom. The van der Waals surface area contributed by atoms with Crippen LogP contribution in [0.4, 0.5) is 5.69 Å². The van der Waals surface area contributed by atoms with Crippen molar-refractivity contribution in [3.05, 3.63) is 29.8 Å². The summed E-state index contributed by atoms with van der Waals surface area (Å²) in [6, 6.07) is 1.48. The summed E-state index contributed by atoms with van der Waals surface area (Å²) in [7, 11) is 3.23. The number of aromatic nitrogens is 4. The van der Waals surface area contributed by atoms with E-state index in [2.05, 4.69) is 15.5 Å². The lowest BCUT2D eigenvalue weighted by Gasteiger charge is -2.13. The number of anilines is 1. The van der Waals surface area contributed by atoms with Crippen molar-refractivity contribution in [2.24, 2.45) is 0 Å². The molecule has 25 heavy (non-hydrogen) atoms. The topological polar surface area (TPSA) is 122 Å². The van der Waals surface area contributed by atoms with Crippen LogP contribution in [0.25, 0.3) is 0 Å². The van der Waals surface area contributed by atoms with Gasteiger partial charge in [-0.25, -0.2) is 0 Å². The monoisotopic (exact) mass is 348 g/mol. The van der Waals surface area contributed by atoms with E-state index >= 15 is 0 Å². The molecule has 2 aromatic rings. The smallest absolute Gasteiger partial charge is 0.305 e. The van der Waals surface area contributed by atoms with Crippen LogP contribution in [0.5, 0.6) is 0 Å². The van der Waals surface area contributed by atoms with Crippen molar-refractivity contribution in [3.63, 3.8) is 0 Å². The number of aliphatic carboxylic acids is 1. The van der Waals surface area contributed by atoms with Crippen LogP contribution in [0.2, 0.25) is 0 Å². The highest BCUT2D eigenvalue weighted by Crippen LogP contribution is 2.17. The quantitative estimate of drug-likeness (QED) is 0.752. The second-order valence-corrected chi connectivity index (χ2v) is 5.48. The van der Waals surface area contributed by atoms with Gasteiger partial charge < -0.3 is 15.3 Å². The summed E-state index contributed by atoms with van der Waals surface area (Å²) in [5, 5.41) is 19.4. The Balaban J connectivity index is 2.17. The summed E-state index contributed by atoms with van der Waals surface area (Å²) in [5.74, 6) is -1.72. The van der Waals surface area contributed by atoms with E-state index in [1.165, 1.54) is 32.7 Å². The number of nitrogens with one attached hydrogen (secondary N) is 1. The number of amides is 2. The molecule has 2 aromatic heterocycles. The van der Waals surface area contributed by atoms with Gasteiger partial charge in [-0.2, -0.15) is 10.2 Å². The average Bonchev–Trinajstić information content (AvgIpc) is 3.18. The number of carboxylic acids is 1. The first-order valence-electron chi connectivity index (χ1n) is 7.67. The summed E-state index contributed by atoms with van der Waals surface area (Å²) in [5.41, 5.74) is 0.703. The van der Waals surface area contributed by atoms with Crippen LogP contribution in [0.1, 0.15) is 34.3 Å². The molecule has 2 amide bonds. The standard InChI is InChI=1S/C15H20N6O4/c1-4-21-13(15(25)19(2)3)11(9-16-21)17-14(24)10-5-7-20(18-10)8-6-12(22)23/h5,7,9H,4,6,8H2,1-3H3,(H,17,24)(H,22,23). The molecule has 0 radical (unpaired) electrons. The Morgan fingerprint density at radius 3 is 2.64 bits per heavy atom. The van der Waals surface area contributed by atoms with E-state index in [1.807, 2.05) is 6.92 Å². The number of carboxylic acid groups (broad SMARTS) is 1. The van der Waals surface area contributed by atoms with E-state index in [9.17, 15) is 14.4 Å². The number of nitrogens with zero attached hydrogens (tertiary/aromatic N) is 5. The summed E-state index contributed by atoms with van der Waals surface area (Å²) in [4.78, 5) is 36.6. The summed E-state index contributed by atoms with van der Waals surface area (Å²) in [6.45, 7) is 2.49. The summed E-state index contributed by atoms with van der Waals surface area (Å²) < 4.78 is 2.88. The molecule has 134 valence electrons. The first-order chi connectivity index (χ1) is 11.8. The number of rotatable bonds is 7. The van der Waals surface area contributed by atoms with Gasteiger partial charge in [0.15, 0.2) is 5.69 Å². The number of carbonyl (C=O) groups excluding carboxylic acids is 2. The molecule has 0 spiro atoms. The van der Waals surface area contributed by atoms with E-state index in [-0.39, 0.29) is 30.3 Å². The fraction of sp³-hybridized carbons (Fsp3) is 0.400. The zero-order valence-corrected chi connectivity index (χ0v) is 14.3. The molecule has 2 heterocycles. The number of aryl methyl sites for hydroxylation is 2. The van der Waals surface area contributed by atoms with E-state index < -0.39 is 11.9 Å². The van der Waals surface area contributed by atoms with Crippen molar-refractivity contribution in [3.8, 4) is 0 Å². The third-order valence-corrected chi connectivity index (χ3v) is 3.42. The van der Waals surface area contributed by atoms with Crippen molar-refractivity contribution in [1.29, 1.82) is 0 Å². The number of hydrogen-bond acceptors (Lipinski definition) is 5. The maximum absolute atomic E-state index is 12.3. The molecular formula is C15H20N6O4. The lowest BCUT2D eigenvalue weighted by atomic mass is 10.3. The predicted molar refractivity (Wildman–Crippen MR) is 88.4 cm³/mol. The average molecular weight is 348 g/mol. The van der Waals surface area contributed by atoms with Crippen molar-refractivity contribution in [2.75, 3.05) is 19.4 Å². The van der Waals surface area contributed by atoms with Gasteiger partial charge in [-0.3, -0.25) is 23.7 Å². The number of carbonyl (C=O) groups is 3. The van der Waals surface area contributed by atoms with Crippen LogP contribution in [-0.4, -0.2) is 61.4 Å². The maximum atomic E-state index is 12.3. The largest absolute Gasteiger partial charge is 0.481 e. The third-order valence-electron chi connectivity index (χ3n) is 3.42. The van der Waals surface area contributed by atoms with Crippen molar-refractivity contribution in [2.45, 2.75) is 26.4 Å². The fourth-order valence-electron chi connectivity index (χ4n) is 2.16. The van der Waals surface area contributed by atoms with Gasteiger partial charge in [0.25, 0.3) is 11.8 Å². The molecule has 0 aliphatic rings. The van der Waals surface area contributed by atoms with Gasteiger partial charge in [0.2, 0.25) is 0 Å². The minimum Gasteiger partial charge on any atom is -0.481 e. The zero-order valence-electron chi connectivity index (χ0n) is 14.3. The molecule has 2 rings (SSSR count). The molecule has 0 aliphatic heterocycles. The molecule has 0 saturated carbocycles. The van der Waals surface area contributed by atoms with Gasteiger partial charge in [0, 0.05) is 26.8 Å². The minimum atomic E-state index is -0.944. The zero-order chi connectivity index (χ0) is 18.6. The van der Waals surface area contributed by atoms with E-state index in [4.69, 9.17) is 5.11 Å². The molecule has 0 aliphatic carbocycles. The maximum Gasteiger partial charge on any atom is 0.305 e. The van der Waals surface area contributed by atoms with Crippen LogP contribution < -0.4 is 5.32 Å². The molecule has 0 unspecified atom stereocenters. The van der Waals surface area contributed by atoms with Gasteiger partial charge in [0.1, 0.15) is 5.69 Å². The number of hydrogen-bond donors (Lipinski definition) is 2. The Bertz CT molecular complexity index is 792. The van der Waals surface area contributed by atoms with E-state index in [0.717, 1.165) is 0 Å². The third kappa shape index (κ3) is 4.22. The highest BCUT2D eigenvalue weighted by atomic mass is 16.4. The molecule has 0 atom stereocenters. The predicted octanol–water partition coefficient (Wildman–Crippen LogP) is 0.528. The van der Waals surface area contributed by atoms with Gasteiger partial charge in [-0.15, -0.1) is 0 Å². The van der Waals surface area contributed by atoms with Crippen LogP contribution in [0, 0.1) is 0 Å². The minimum absolute atomic E-state index is 0.0898. The second kappa shape index (κ2) is 7.60. The Labute approximate surface area is 144 Å². The highest BCUT2D eigenvalue weighted by Gasteiger charge is 2.22. The van der Waals surface area contributed by atoms with Crippen LogP contribution in [0.3, 0.4) is 0 Å². The van der Waals surface area contributed by atoms with Gasteiger partial charge >= 0.3 is 5.97 Å². The van der Waals surface area contributed by atoms with Crippen LogP contribution in [-0.2, 0) is 17.9 Å². The van der Waals surface area contributed by atoms with Crippen LogP contribution >= 0.6 is 0 Å². The molecule has 0 saturated heterocycles. The fourth-order valence-corrected chi connectivity index (χ4v) is 2.16. The molecule has 10 heteroatoms. The molecule has 10 nitrogen and oxygen atoms in total. The molecule has 0 aromatic carbocycles. The molecular weight excluding hydrogens is 328 g/mol. The molecule has 0 fully saturated rings. The first-order valence-corrected chi connectivity index (χ1v) is 7.67. The van der Waals surface area contributed by atoms with Crippen molar-refractivity contribution < 1.29 is 19.5 Å². The Kier molecular flexibility index (Phi) is 5.52. The van der Waals surface area contributed by atoms with Gasteiger partial charge in [-0.05, 0) is 13.0 Å². The summed E-state index contributed by atoms with van der Waals surface area (Å²) in [6.07, 6.45) is 2.85. The Morgan fingerprint density at radius 2 is 2.04 bits per heavy atom. The van der Waals surface area contributed by atoms with Crippen molar-refractivity contribution in [1.82, 2.24) is 24.5 Å².